The number of benzene rings is 2. The zero-order valence-electron chi connectivity index (χ0n) is 20.9. The smallest absolute Gasteiger partial charge is 0.323 e. The van der Waals surface area contributed by atoms with Crippen LogP contribution in [-0.4, -0.2) is 50.0 Å². The van der Waals surface area contributed by atoms with Crippen molar-refractivity contribution in [3.05, 3.63) is 99.7 Å². The van der Waals surface area contributed by atoms with Crippen molar-refractivity contribution >= 4 is 51.7 Å². The molecule has 0 aliphatic heterocycles. The molecule has 1 atom stereocenters. The molecule has 0 aliphatic carbocycles. The number of pyridine rings is 1. The highest BCUT2D eigenvalue weighted by Gasteiger charge is 2.21. The molecule has 1 unspecified atom stereocenters. The molecule has 1 heterocycles. The number of halogens is 3. The number of carbonyl (C=O) groups is 1. The van der Waals surface area contributed by atoms with Gasteiger partial charge in [-0.15, -0.1) is 0 Å². The van der Waals surface area contributed by atoms with Crippen LogP contribution in [0.3, 0.4) is 0 Å². The summed E-state index contributed by atoms with van der Waals surface area (Å²) in [5.41, 5.74) is 3.36. The van der Waals surface area contributed by atoms with Crippen molar-refractivity contribution < 1.29 is 19.4 Å². The van der Waals surface area contributed by atoms with Crippen LogP contribution in [0.5, 0.6) is 0 Å². The summed E-state index contributed by atoms with van der Waals surface area (Å²) < 4.78 is 9.20. The molecule has 3 aromatic rings. The molecular formula is C28H29Cl3N2O4. The molecule has 37 heavy (non-hydrogen) atoms. The average Bonchev–Trinajstić information content (AvgIpc) is 2.87. The van der Waals surface area contributed by atoms with E-state index in [0.29, 0.717) is 33.3 Å². The van der Waals surface area contributed by atoms with Crippen molar-refractivity contribution in [1.82, 2.24) is 10.3 Å². The van der Waals surface area contributed by atoms with Crippen LogP contribution >= 0.6 is 34.8 Å². The van der Waals surface area contributed by atoms with E-state index >= 15 is 0 Å². The minimum Gasteiger partial charge on any atom is -0.508 e. The number of allylic oxidation sites excluding steroid dienone is 2. The molecule has 0 amide bonds. The lowest BCUT2D eigenvalue weighted by atomic mass is 10.0. The van der Waals surface area contributed by atoms with Crippen LogP contribution in [-0.2, 0) is 20.7 Å². The van der Waals surface area contributed by atoms with Crippen molar-refractivity contribution in [1.29, 1.82) is 0 Å². The number of rotatable bonds is 9. The topological polar surface area (TPSA) is 80.7 Å². The van der Waals surface area contributed by atoms with Gasteiger partial charge in [0.2, 0.25) is 0 Å². The van der Waals surface area contributed by atoms with Gasteiger partial charge in [0, 0.05) is 42.3 Å². The Morgan fingerprint density at radius 1 is 1.14 bits per heavy atom. The van der Waals surface area contributed by atoms with Crippen molar-refractivity contribution in [2.45, 2.75) is 12.5 Å². The van der Waals surface area contributed by atoms with E-state index in [0.717, 1.165) is 16.5 Å². The Hall–Kier alpha value is -2.87. The summed E-state index contributed by atoms with van der Waals surface area (Å²) in [7, 11) is 4.57. The maximum Gasteiger partial charge on any atom is 0.323 e. The Balaban J connectivity index is 0.00000153. The standard InChI is InChI=1S/C26H23Cl3N2O3.C2H6O/c1-4-19(27)18(15(2)32)14-30-24(26(33)34-3)13-16-8-10-22-17(12-16)9-11-23(31-22)25-20(28)6-5-7-21(25)29;1-3-2/h4-12,24,30,32H,1-2,13-14H2,3H3;1-2H3/b19-18+;. The third kappa shape index (κ3) is 8.32. The summed E-state index contributed by atoms with van der Waals surface area (Å²) in [5.74, 6) is -0.646. The van der Waals surface area contributed by atoms with Gasteiger partial charge in [-0.2, -0.15) is 0 Å². The zero-order valence-corrected chi connectivity index (χ0v) is 23.1. The van der Waals surface area contributed by atoms with Crippen LogP contribution < -0.4 is 5.32 Å². The molecule has 3 rings (SSSR count). The lowest BCUT2D eigenvalue weighted by Crippen LogP contribution is -2.40. The lowest BCUT2D eigenvalue weighted by molar-refractivity contribution is -0.143. The fourth-order valence-corrected chi connectivity index (χ4v) is 4.24. The molecule has 2 aromatic carbocycles. The van der Waals surface area contributed by atoms with Gasteiger partial charge in [-0.25, -0.2) is 4.98 Å². The SMILES string of the molecule is C=C/C(Cl)=C(/CNC(Cc1ccc2nc(-c3c(Cl)cccc3Cl)ccc2c1)C(=O)OC)C(=C)O.COC. The first-order chi connectivity index (χ1) is 17.7. The van der Waals surface area contributed by atoms with Gasteiger partial charge in [-0.05, 0) is 42.3 Å². The highest BCUT2D eigenvalue weighted by atomic mass is 35.5. The third-order valence-corrected chi connectivity index (χ3v) is 6.25. The molecule has 0 radical (unpaired) electrons. The molecule has 1 aromatic heterocycles. The van der Waals surface area contributed by atoms with Gasteiger partial charge < -0.3 is 14.6 Å². The zero-order chi connectivity index (χ0) is 27.5. The fourth-order valence-electron chi connectivity index (χ4n) is 3.47. The number of carbonyl (C=O) groups excluding carboxylic acids is 1. The fraction of sp³-hybridized carbons (Fsp3) is 0.214. The van der Waals surface area contributed by atoms with Gasteiger partial charge in [-0.1, -0.05) is 72.2 Å². The molecule has 0 saturated carbocycles. The lowest BCUT2D eigenvalue weighted by Gasteiger charge is -2.18. The number of aromatic nitrogens is 1. The van der Waals surface area contributed by atoms with Crippen molar-refractivity contribution in [3.8, 4) is 11.3 Å². The van der Waals surface area contributed by atoms with E-state index < -0.39 is 12.0 Å². The molecule has 196 valence electrons. The Kier molecular flexibility index (Phi) is 12.1. The second kappa shape index (κ2) is 14.8. The number of nitrogens with one attached hydrogen (secondary N) is 1. The van der Waals surface area contributed by atoms with Crippen molar-refractivity contribution in [2.24, 2.45) is 0 Å². The predicted octanol–water partition coefficient (Wildman–Crippen LogP) is 6.90. The Labute approximate surface area is 232 Å². The number of methoxy groups -OCH3 is 2. The third-order valence-electron chi connectivity index (χ3n) is 5.24. The van der Waals surface area contributed by atoms with E-state index in [1.54, 1.807) is 32.4 Å². The number of ether oxygens (including phenoxy) is 2. The van der Waals surface area contributed by atoms with Gasteiger partial charge in [0.05, 0.1) is 28.4 Å². The van der Waals surface area contributed by atoms with Crippen LogP contribution in [0.15, 0.2) is 84.1 Å². The first-order valence-corrected chi connectivity index (χ1v) is 12.2. The van der Waals surface area contributed by atoms with Gasteiger partial charge >= 0.3 is 5.97 Å². The number of hydrogen-bond acceptors (Lipinski definition) is 6. The minimum absolute atomic E-state index is 0.108. The molecule has 9 heteroatoms. The number of esters is 1. The van der Waals surface area contributed by atoms with E-state index in [4.69, 9.17) is 44.5 Å². The highest BCUT2D eigenvalue weighted by Crippen LogP contribution is 2.34. The Morgan fingerprint density at radius 2 is 1.78 bits per heavy atom. The van der Waals surface area contributed by atoms with E-state index in [-0.39, 0.29) is 17.3 Å². The first kappa shape index (κ1) is 30.4. The Bertz CT molecular complexity index is 1290. The minimum atomic E-state index is -0.680. The summed E-state index contributed by atoms with van der Waals surface area (Å²) in [6.45, 7) is 7.21. The molecule has 0 saturated heterocycles. The van der Waals surface area contributed by atoms with Crippen LogP contribution in [0.1, 0.15) is 5.56 Å². The molecule has 0 fully saturated rings. The number of hydrogen-bond donors (Lipinski definition) is 2. The quantitative estimate of drug-likeness (QED) is 0.168. The molecule has 2 N–H and O–H groups in total. The monoisotopic (exact) mass is 562 g/mol. The van der Waals surface area contributed by atoms with Crippen LogP contribution in [0.4, 0.5) is 0 Å². The van der Waals surface area contributed by atoms with Crippen LogP contribution in [0, 0.1) is 0 Å². The van der Waals surface area contributed by atoms with Gasteiger partial charge in [-0.3, -0.25) is 10.1 Å². The predicted molar refractivity (Wildman–Crippen MR) is 152 cm³/mol. The highest BCUT2D eigenvalue weighted by molar-refractivity contribution is 6.39. The normalized spacial score (nSPS) is 12.2. The summed E-state index contributed by atoms with van der Waals surface area (Å²) in [4.78, 5) is 17.1. The van der Waals surface area contributed by atoms with E-state index in [9.17, 15) is 9.90 Å². The Morgan fingerprint density at radius 3 is 2.35 bits per heavy atom. The molecule has 0 spiro atoms. The van der Waals surface area contributed by atoms with Gasteiger partial charge in [0.15, 0.2) is 0 Å². The molecule has 0 bridgehead atoms. The van der Waals surface area contributed by atoms with E-state index in [1.807, 2.05) is 30.3 Å². The van der Waals surface area contributed by atoms with Crippen molar-refractivity contribution in [3.63, 3.8) is 0 Å². The van der Waals surface area contributed by atoms with Crippen molar-refractivity contribution in [2.75, 3.05) is 27.9 Å². The second-order valence-electron chi connectivity index (χ2n) is 7.87. The number of aliphatic hydroxyl groups is 1. The number of fused-ring (bicyclic) bond motifs is 1. The number of aliphatic hydroxyl groups excluding tert-OH is 1. The van der Waals surface area contributed by atoms with Gasteiger partial charge in [0.25, 0.3) is 0 Å². The summed E-state index contributed by atoms with van der Waals surface area (Å²) in [5, 5.41) is 15.1. The summed E-state index contributed by atoms with van der Waals surface area (Å²) >= 11 is 18.7. The molecule has 6 nitrogen and oxygen atoms in total. The molecular weight excluding hydrogens is 535 g/mol. The second-order valence-corrected chi connectivity index (χ2v) is 9.09. The maximum atomic E-state index is 12.4. The van der Waals surface area contributed by atoms with Crippen LogP contribution in [0.25, 0.3) is 22.2 Å². The largest absolute Gasteiger partial charge is 0.508 e. The van der Waals surface area contributed by atoms with E-state index in [1.165, 1.54) is 13.2 Å². The summed E-state index contributed by atoms with van der Waals surface area (Å²) in [6.07, 6.45) is 1.74. The molecule has 0 aliphatic rings. The van der Waals surface area contributed by atoms with E-state index in [2.05, 4.69) is 23.2 Å². The van der Waals surface area contributed by atoms with Gasteiger partial charge in [0.1, 0.15) is 11.8 Å². The summed E-state index contributed by atoms with van der Waals surface area (Å²) in [6, 6.07) is 14.2. The maximum absolute atomic E-state index is 12.4. The average molecular weight is 564 g/mol. The van der Waals surface area contributed by atoms with Crippen LogP contribution in [0.2, 0.25) is 10.0 Å². The first-order valence-electron chi connectivity index (χ1n) is 11.1. The number of nitrogens with zero attached hydrogens (tertiary/aromatic N) is 1.